The van der Waals surface area contributed by atoms with Crippen LogP contribution >= 0.6 is 35.0 Å². The summed E-state index contributed by atoms with van der Waals surface area (Å²) in [5.41, 5.74) is 0.122. The van der Waals surface area contributed by atoms with Crippen molar-refractivity contribution in [3.63, 3.8) is 0 Å². The fraction of sp³-hybridized carbons (Fsp3) is 0.524. The first kappa shape index (κ1) is 28.3. The number of halogens is 2. The first-order valence-corrected chi connectivity index (χ1v) is 12.8. The van der Waals surface area contributed by atoms with Crippen molar-refractivity contribution in [2.75, 3.05) is 12.0 Å². The molecule has 3 atom stereocenters. The summed E-state index contributed by atoms with van der Waals surface area (Å²) in [6.45, 7) is 3.79. The molecule has 0 aliphatic carbocycles. The van der Waals surface area contributed by atoms with Crippen molar-refractivity contribution in [1.82, 2.24) is 10.6 Å². The summed E-state index contributed by atoms with van der Waals surface area (Å²) in [5.74, 6) is -3.48. The van der Waals surface area contributed by atoms with Gasteiger partial charge in [-0.15, -0.1) is 0 Å². The summed E-state index contributed by atoms with van der Waals surface area (Å²) in [5, 5.41) is 15.3. The van der Waals surface area contributed by atoms with Crippen LogP contribution in [0.15, 0.2) is 18.2 Å². The minimum absolute atomic E-state index is 0.0292. The van der Waals surface area contributed by atoms with Crippen molar-refractivity contribution in [2.24, 2.45) is 5.92 Å². The molecule has 1 heterocycles. The summed E-state index contributed by atoms with van der Waals surface area (Å²) in [6.07, 6.45) is 0.739. The molecule has 3 N–H and O–H groups in total. The Morgan fingerprint density at radius 3 is 2.59 bits per heavy atom. The van der Waals surface area contributed by atoms with E-state index in [0.29, 0.717) is 11.4 Å². The molecule has 34 heavy (non-hydrogen) atoms. The molecule has 9 nitrogen and oxygen atoms in total. The number of rotatable bonds is 10. The van der Waals surface area contributed by atoms with Crippen LogP contribution < -0.4 is 10.6 Å². The molecule has 1 unspecified atom stereocenters. The maximum absolute atomic E-state index is 13.2. The summed E-state index contributed by atoms with van der Waals surface area (Å²) in [4.78, 5) is 49.5. The average Bonchev–Trinajstić information content (AvgIpc) is 2.96. The number of aliphatic carboxylic acids is 1. The molecule has 0 saturated carbocycles. The largest absolute Gasteiger partial charge is 0.551 e. The molecule has 0 radical (unpaired) electrons. The molecule has 1 aromatic rings. The number of amides is 2. The summed E-state index contributed by atoms with van der Waals surface area (Å²) >= 11 is 13.4. The van der Waals surface area contributed by atoms with Gasteiger partial charge in [0.25, 0.3) is 11.9 Å². The summed E-state index contributed by atoms with van der Waals surface area (Å²) in [6, 6.07) is 3.48. The van der Waals surface area contributed by atoms with Gasteiger partial charge in [-0.05, 0) is 43.2 Å². The fourth-order valence-electron chi connectivity index (χ4n) is 3.34. The summed E-state index contributed by atoms with van der Waals surface area (Å²) in [7, 11) is -1.28. The van der Waals surface area contributed by atoms with E-state index < -0.39 is 49.0 Å². The maximum atomic E-state index is 13.2. The second-order valence-corrected chi connectivity index (χ2v) is 9.96. The molecule has 1 aliphatic rings. The SMILES string of the molecule is CSC[C@H](NC(=O)c1cc(Cl)ccc1Cl)C(=O)N[C@@H](CC(C)C)B1OC(=O)CCC(C(=O)O)O1. The Labute approximate surface area is 212 Å². The average molecular weight is 533 g/mol. The first-order valence-electron chi connectivity index (χ1n) is 10.6. The highest BCUT2D eigenvalue weighted by molar-refractivity contribution is 7.98. The zero-order valence-electron chi connectivity index (χ0n) is 19.0. The molecule has 2 amide bonds. The highest BCUT2D eigenvalue weighted by Crippen LogP contribution is 2.21. The number of benzene rings is 1. The van der Waals surface area contributed by atoms with Gasteiger partial charge in [0, 0.05) is 17.2 Å². The van der Waals surface area contributed by atoms with Crippen LogP contribution in [0, 0.1) is 5.92 Å². The van der Waals surface area contributed by atoms with Crippen LogP contribution in [0.4, 0.5) is 0 Å². The van der Waals surface area contributed by atoms with Crippen molar-refractivity contribution >= 4 is 65.8 Å². The minimum Gasteiger partial charge on any atom is -0.508 e. The lowest BCUT2D eigenvalue weighted by Crippen LogP contribution is -2.57. The van der Waals surface area contributed by atoms with E-state index in [9.17, 15) is 24.3 Å². The van der Waals surface area contributed by atoms with Crippen molar-refractivity contribution in [1.29, 1.82) is 0 Å². The topological polar surface area (TPSA) is 131 Å². The lowest BCUT2D eigenvalue weighted by molar-refractivity contribution is -0.145. The minimum atomic E-state index is -1.28. The van der Waals surface area contributed by atoms with Gasteiger partial charge in [0.2, 0.25) is 5.91 Å². The van der Waals surface area contributed by atoms with Gasteiger partial charge in [0.1, 0.15) is 12.1 Å². The number of nitrogens with one attached hydrogen (secondary N) is 2. The van der Waals surface area contributed by atoms with Gasteiger partial charge in [-0.25, -0.2) is 4.79 Å². The van der Waals surface area contributed by atoms with Gasteiger partial charge < -0.3 is 25.0 Å². The van der Waals surface area contributed by atoms with E-state index in [1.165, 1.54) is 23.9 Å². The predicted octanol–water partition coefficient (Wildman–Crippen LogP) is 2.82. The third-order valence-electron chi connectivity index (χ3n) is 4.94. The Morgan fingerprint density at radius 1 is 1.26 bits per heavy atom. The third-order valence-corrected chi connectivity index (χ3v) is 6.17. The second-order valence-electron chi connectivity index (χ2n) is 8.21. The van der Waals surface area contributed by atoms with Crippen LogP contribution in [-0.2, 0) is 23.7 Å². The van der Waals surface area contributed by atoms with E-state index in [0.717, 1.165) is 0 Å². The molecule has 2 rings (SSSR count). The zero-order valence-corrected chi connectivity index (χ0v) is 21.3. The van der Waals surface area contributed by atoms with Crippen LogP contribution in [0.5, 0.6) is 0 Å². The molecule has 1 saturated heterocycles. The lowest BCUT2D eigenvalue weighted by atomic mass is 9.73. The van der Waals surface area contributed by atoms with E-state index in [-0.39, 0.29) is 35.1 Å². The lowest BCUT2D eigenvalue weighted by Gasteiger charge is -2.27. The normalized spacial score (nSPS) is 18.0. The van der Waals surface area contributed by atoms with Gasteiger partial charge in [-0.2, -0.15) is 11.8 Å². The molecule has 0 bridgehead atoms. The fourth-order valence-corrected chi connectivity index (χ4v) is 4.28. The van der Waals surface area contributed by atoms with E-state index in [4.69, 9.17) is 32.5 Å². The van der Waals surface area contributed by atoms with Gasteiger partial charge in [0.05, 0.1) is 16.5 Å². The van der Waals surface area contributed by atoms with Crippen LogP contribution in [0.2, 0.25) is 10.0 Å². The highest BCUT2D eigenvalue weighted by Gasteiger charge is 2.42. The van der Waals surface area contributed by atoms with Gasteiger partial charge in [-0.3, -0.25) is 14.4 Å². The number of thioether (sulfide) groups is 1. The Hall–Kier alpha value is -1.95. The van der Waals surface area contributed by atoms with Crippen molar-refractivity contribution in [3.8, 4) is 0 Å². The first-order chi connectivity index (χ1) is 16.0. The Bertz CT molecular complexity index is 921. The molecule has 1 aromatic carbocycles. The van der Waals surface area contributed by atoms with Crippen molar-refractivity contribution in [2.45, 2.75) is 51.2 Å². The molecular weight excluding hydrogens is 506 g/mol. The third kappa shape index (κ3) is 8.37. The van der Waals surface area contributed by atoms with E-state index in [1.54, 1.807) is 12.3 Å². The Kier molecular flexibility index (Phi) is 11.0. The zero-order chi connectivity index (χ0) is 25.4. The number of hydrogen-bond donors (Lipinski definition) is 3. The molecular formula is C21H27BCl2N2O7S. The Morgan fingerprint density at radius 2 is 1.97 bits per heavy atom. The number of hydrogen-bond acceptors (Lipinski definition) is 7. The van der Waals surface area contributed by atoms with Crippen molar-refractivity contribution < 1.29 is 33.6 Å². The molecule has 0 spiro atoms. The van der Waals surface area contributed by atoms with E-state index >= 15 is 0 Å². The van der Waals surface area contributed by atoms with Crippen LogP contribution in [0.3, 0.4) is 0 Å². The van der Waals surface area contributed by atoms with Crippen LogP contribution in [0.25, 0.3) is 0 Å². The van der Waals surface area contributed by atoms with E-state index in [1.807, 2.05) is 13.8 Å². The number of carboxylic acids is 1. The number of carbonyl (C=O) groups excluding carboxylic acids is 3. The Balaban J connectivity index is 2.21. The predicted molar refractivity (Wildman–Crippen MR) is 131 cm³/mol. The molecule has 1 aliphatic heterocycles. The van der Waals surface area contributed by atoms with Crippen LogP contribution in [0.1, 0.15) is 43.5 Å². The molecule has 0 aromatic heterocycles. The smallest absolute Gasteiger partial charge is 0.508 e. The number of carboxylic acid groups (broad SMARTS) is 1. The maximum Gasteiger partial charge on any atom is 0.551 e. The molecule has 186 valence electrons. The highest BCUT2D eigenvalue weighted by atomic mass is 35.5. The van der Waals surface area contributed by atoms with Gasteiger partial charge >= 0.3 is 13.1 Å². The van der Waals surface area contributed by atoms with Crippen molar-refractivity contribution in [3.05, 3.63) is 33.8 Å². The van der Waals surface area contributed by atoms with Crippen LogP contribution in [-0.4, -0.2) is 66.1 Å². The summed E-state index contributed by atoms with van der Waals surface area (Å²) < 4.78 is 10.9. The quantitative estimate of drug-likeness (QED) is 0.392. The number of carbonyl (C=O) groups is 4. The van der Waals surface area contributed by atoms with Gasteiger partial charge in [-0.1, -0.05) is 37.0 Å². The standard InChI is InChI=1S/C21H27BCl2N2O7S/c1-11(2)8-17(22-32-16(21(30)31)6-7-18(27)33-22)26-20(29)15(10-34-3)25-19(28)13-9-12(23)4-5-14(13)24/h4-5,9,11,15-17H,6-8,10H2,1-3H3,(H,25,28)(H,26,29)(H,30,31)/t15-,16?,17-/m0/s1. The van der Waals surface area contributed by atoms with E-state index in [2.05, 4.69) is 10.6 Å². The monoisotopic (exact) mass is 532 g/mol. The molecule has 1 fully saturated rings. The molecule has 13 heteroatoms. The second kappa shape index (κ2) is 13.2. The van der Waals surface area contributed by atoms with Gasteiger partial charge in [0.15, 0.2) is 0 Å².